The first-order valence-electron chi connectivity index (χ1n) is 9.13. The minimum absolute atomic E-state index is 0.0543. The first kappa shape index (κ1) is 19.0. The van der Waals surface area contributed by atoms with Crippen LogP contribution in [0.3, 0.4) is 0 Å². The fraction of sp³-hybridized carbons (Fsp3) is 0.556. The van der Waals surface area contributed by atoms with Gasteiger partial charge >= 0.3 is 0 Å². The fourth-order valence-electron chi connectivity index (χ4n) is 3.55. The van der Waals surface area contributed by atoms with Crippen LogP contribution >= 0.6 is 0 Å². The van der Waals surface area contributed by atoms with E-state index in [9.17, 15) is 8.42 Å². The van der Waals surface area contributed by atoms with Crippen molar-refractivity contribution >= 4 is 10.0 Å². The third-order valence-electron chi connectivity index (χ3n) is 5.00. The summed E-state index contributed by atoms with van der Waals surface area (Å²) in [4.78, 5) is 4.43. The molecule has 26 heavy (non-hydrogen) atoms. The maximum atomic E-state index is 11.3. The molecule has 0 saturated heterocycles. The molecule has 1 aliphatic carbocycles. The van der Waals surface area contributed by atoms with Crippen molar-refractivity contribution in [3.63, 3.8) is 0 Å². The van der Waals surface area contributed by atoms with Crippen LogP contribution < -0.4 is 10.9 Å². The lowest BCUT2D eigenvalue weighted by Gasteiger charge is -2.24. The molecule has 0 amide bonds. The largest absolute Gasteiger partial charge is 0.339 e. The van der Waals surface area contributed by atoms with E-state index < -0.39 is 10.0 Å². The van der Waals surface area contributed by atoms with E-state index in [1.54, 1.807) is 12.1 Å². The molecule has 0 radical (unpaired) electrons. The summed E-state index contributed by atoms with van der Waals surface area (Å²) in [6, 6.07) is 6.25. The third kappa shape index (κ3) is 5.12. The van der Waals surface area contributed by atoms with Crippen molar-refractivity contribution in [2.45, 2.75) is 62.3 Å². The summed E-state index contributed by atoms with van der Waals surface area (Å²) in [5.41, 5.74) is 6.95. The van der Waals surface area contributed by atoms with Crippen LogP contribution in [0.5, 0.6) is 0 Å². The lowest BCUT2D eigenvalue weighted by Crippen LogP contribution is -2.25. The topological polar surface area (TPSA) is 125 Å². The first-order valence-corrected chi connectivity index (χ1v) is 10.7. The molecule has 0 spiro atoms. The molecule has 4 N–H and O–H groups in total. The average molecular weight is 378 g/mol. The lowest BCUT2D eigenvalue weighted by molar-refractivity contribution is 0.306. The van der Waals surface area contributed by atoms with Crippen LogP contribution in [0.4, 0.5) is 0 Å². The van der Waals surface area contributed by atoms with Crippen LogP contribution in [0.15, 0.2) is 33.7 Å². The van der Waals surface area contributed by atoms with Crippen LogP contribution in [0.2, 0.25) is 0 Å². The predicted octanol–water partition coefficient (Wildman–Crippen LogP) is 2.61. The molecule has 1 aromatic carbocycles. The van der Waals surface area contributed by atoms with Crippen molar-refractivity contribution in [2.75, 3.05) is 0 Å². The molecule has 1 fully saturated rings. The molecule has 142 valence electrons. The van der Waals surface area contributed by atoms with Crippen LogP contribution in [0.25, 0.3) is 11.4 Å². The van der Waals surface area contributed by atoms with Gasteiger partial charge in [-0.1, -0.05) is 37.3 Å². The van der Waals surface area contributed by atoms with E-state index in [-0.39, 0.29) is 10.9 Å². The van der Waals surface area contributed by atoms with Gasteiger partial charge in [-0.05, 0) is 43.0 Å². The first-order chi connectivity index (χ1) is 12.4. The highest BCUT2D eigenvalue weighted by Crippen LogP contribution is 2.27. The zero-order chi connectivity index (χ0) is 18.6. The number of aryl methyl sites for hydroxylation is 1. The van der Waals surface area contributed by atoms with Gasteiger partial charge in [-0.15, -0.1) is 0 Å². The van der Waals surface area contributed by atoms with E-state index in [2.05, 4.69) is 10.1 Å². The highest BCUT2D eigenvalue weighted by Gasteiger charge is 2.18. The number of primary sulfonamides is 1. The third-order valence-corrected chi connectivity index (χ3v) is 5.93. The minimum Gasteiger partial charge on any atom is -0.339 e. The molecule has 2 aromatic rings. The summed E-state index contributed by atoms with van der Waals surface area (Å²) >= 11 is 0. The maximum Gasteiger partial charge on any atom is 0.238 e. The minimum atomic E-state index is -3.71. The van der Waals surface area contributed by atoms with Crippen LogP contribution in [0, 0.1) is 5.92 Å². The number of sulfonamides is 1. The van der Waals surface area contributed by atoms with Gasteiger partial charge in [0.1, 0.15) is 0 Å². The normalized spacial score (nSPS) is 17.3. The predicted molar refractivity (Wildman–Crippen MR) is 98.6 cm³/mol. The van der Waals surface area contributed by atoms with E-state index in [0.717, 1.165) is 18.8 Å². The van der Waals surface area contributed by atoms with Gasteiger partial charge in [0.2, 0.25) is 21.7 Å². The van der Waals surface area contributed by atoms with Crippen molar-refractivity contribution in [3.05, 3.63) is 30.2 Å². The Bertz CT molecular complexity index is 811. The van der Waals surface area contributed by atoms with Crippen molar-refractivity contribution in [2.24, 2.45) is 16.8 Å². The zero-order valence-corrected chi connectivity index (χ0v) is 15.6. The fourth-order valence-corrected chi connectivity index (χ4v) is 4.06. The molecule has 7 nitrogen and oxygen atoms in total. The van der Waals surface area contributed by atoms with Gasteiger partial charge in [0.15, 0.2) is 0 Å². The molecule has 8 heteroatoms. The molecule has 0 bridgehead atoms. The molecule has 1 unspecified atom stereocenters. The van der Waals surface area contributed by atoms with Crippen LogP contribution in [-0.4, -0.2) is 24.6 Å². The summed E-state index contributed by atoms with van der Waals surface area (Å²) in [5.74, 6) is 1.74. The highest BCUT2D eigenvalue weighted by atomic mass is 32.2. The van der Waals surface area contributed by atoms with Gasteiger partial charge in [0, 0.05) is 18.0 Å². The SMILES string of the molecule is NC(CCc1nc(-c2ccc(S(N)(=O)=O)cc2)no1)CC1CCCCC1. The molecule has 1 atom stereocenters. The van der Waals surface area contributed by atoms with Gasteiger partial charge in [-0.2, -0.15) is 4.98 Å². The molecule has 1 aromatic heterocycles. The molecular formula is C18H26N4O3S. The Hall–Kier alpha value is -1.77. The van der Waals surface area contributed by atoms with Gasteiger partial charge in [-0.3, -0.25) is 0 Å². The van der Waals surface area contributed by atoms with Crippen LogP contribution in [-0.2, 0) is 16.4 Å². The second-order valence-corrected chi connectivity index (χ2v) is 8.68. The van der Waals surface area contributed by atoms with E-state index in [0.29, 0.717) is 23.7 Å². The molecular weight excluding hydrogens is 352 g/mol. The highest BCUT2D eigenvalue weighted by molar-refractivity contribution is 7.89. The van der Waals surface area contributed by atoms with E-state index >= 15 is 0 Å². The molecule has 1 aliphatic rings. The summed E-state index contributed by atoms with van der Waals surface area (Å²) in [5, 5.41) is 9.06. The molecule has 1 saturated carbocycles. The second-order valence-electron chi connectivity index (χ2n) is 7.12. The summed E-state index contributed by atoms with van der Waals surface area (Å²) in [6.45, 7) is 0. The number of hydrogen-bond acceptors (Lipinski definition) is 6. The summed E-state index contributed by atoms with van der Waals surface area (Å²) in [6.07, 6.45) is 9.15. The Morgan fingerprint density at radius 1 is 1.15 bits per heavy atom. The molecule has 3 rings (SSSR count). The standard InChI is InChI=1S/C18H26N4O3S/c19-15(12-13-4-2-1-3-5-13)8-11-17-21-18(22-25-17)14-6-9-16(10-7-14)26(20,23)24/h6-7,9-10,13,15H,1-5,8,11-12,19H2,(H2,20,23,24). The second kappa shape index (κ2) is 8.28. The molecule has 0 aliphatic heterocycles. The van der Waals surface area contributed by atoms with E-state index in [4.69, 9.17) is 15.4 Å². The number of aromatic nitrogens is 2. The number of nitrogens with two attached hydrogens (primary N) is 2. The number of hydrogen-bond donors (Lipinski definition) is 2. The van der Waals surface area contributed by atoms with Gasteiger partial charge < -0.3 is 10.3 Å². The Balaban J connectivity index is 1.54. The smallest absolute Gasteiger partial charge is 0.238 e. The average Bonchev–Trinajstić information content (AvgIpc) is 3.09. The maximum absolute atomic E-state index is 11.3. The number of nitrogens with zero attached hydrogens (tertiary/aromatic N) is 2. The number of benzene rings is 1. The Morgan fingerprint density at radius 2 is 1.85 bits per heavy atom. The van der Waals surface area contributed by atoms with Gasteiger partial charge in [0.05, 0.1) is 4.90 Å². The van der Waals surface area contributed by atoms with Crippen molar-refractivity contribution < 1.29 is 12.9 Å². The van der Waals surface area contributed by atoms with E-state index in [1.807, 2.05) is 0 Å². The number of rotatable bonds is 7. The van der Waals surface area contributed by atoms with Crippen molar-refractivity contribution in [1.29, 1.82) is 0 Å². The Kier molecular flexibility index (Phi) is 6.05. The zero-order valence-electron chi connectivity index (χ0n) is 14.8. The van der Waals surface area contributed by atoms with Crippen LogP contribution in [0.1, 0.15) is 50.8 Å². The monoisotopic (exact) mass is 378 g/mol. The van der Waals surface area contributed by atoms with Gasteiger partial charge in [-0.25, -0.2) is 13.6 Å². The van der Waals surface area contributed by atoms with E-state index in [1.165, 1.54) is 44.2 Å². The molecule has 1 heterocycles. The summed E-state index contributed by atoms with van der Waals surface area (Å²) in [7, 11) is -3.71. The Labute approximate surface area is 154 Å². The van der Waals surface area contributed by atoms with Gasteiger partial charge in [0.25, 0.3) is 0 Å². The summed E-state index contributed by atoms with van der Waals surface area (Å²) < 4.78 is 27.9. The Morgan fingerprint density at radius 3 is 2.50 bits per heavy atom. The van der Waals surface area contributed by atoms with Crippen molar-refractivity contribution in [3.8, 4) is 11.4 Å². The van der Waals surface area contributed by atoms with Crippen molar-refractivity contribution in [1.82, 2.24) is 10.1 Å². The quantitative estimate of drug-likeness (QED) is 0.763. The lowest BCUT2D eigenvalue weighted by atomic mass is 9.84.